The molecule has 0 spiro atoms. The van der Waals surface area contributed by atoms with Gasteiger partial charge in [-0.25, -0.2) is 9.97 Å². The number of aromatic nitrogens is 2. The Morgan fingerprint density at radius 3 is 3.00 bits per heavy atom. The van der Waals surface area contributed by atoms with E-state index < -0.39 is 0 Å². The van der Waals surface area contributed by atoms with Gasteiger partial charge in [-0.15, -0.1) is 0 Å². The predicted molar refractivity (Wildman–Crippen MR) is 65.4 cm³/mol. The van der Waals surface area contributed by atoms with Crippen LogP contribution in [-0.4, -0.2) is 28.6 Å². The molecule has 4 nitrogen and oxygen atoms in total. The molecule has 2 rings (SSSR count). The first kappa shape index (κ1) is 11.3. The molecule has 1 aromatic heterocycles. The highest BCUT2D eigenvalue weighted by Crippen LogP contribution is 2.18. The van der Waals surface area contributed by atoms with Crippen LogP contribution in [0.25, 0.3) is 0 Å². The van der Waals surface area contributed by atoms with Gasteiger partial charge in [-0.2, -0.15) is 0 Å². The molecule has 4 heteroatoms. The lowest BCUT2D eigenvalue weighted by Crippen LogP contribution is -2.47. The van der Waals surface area contributed by atoms with Crippen LogP contribution in [0.4, 0.5) is 5.95 Å². The number of hydrogen-bond donors (Lipinski definition) is 2. The van der Waals surface area contributed by atoms with E-state index in [1.807, 2.05) is 13.0 Å². The third-order valence-electron chi connectivity index (χ3n) is 3.19. The Kier molecular flexibility index (Phi) is 3.39. The highest BCUT2D eigenvalue weighted by molar-refractivity contribution is 5.27. The molecule has 1 aromatic rings. The number of nitrogens with zero attached hydrogens (tertiary/aromatic N) is 2. The van der Waals surface area contributed by atoms with E-state index in [0.29, 0.717) is 18.0 Å². The zero-order valence-electron chi connectivity index (χ0n) is 10.2. The number of piperidine rings is 1. The largest absolute Gasteiger partial charge is 0.351 e. The molecule has 88 valence electrons. The maximum atomic E-state index is 4.38. The van der Waals surface area contributed by atoms with Gasteiger partial charge in [0.1, 0.15) is 0 Å². The zero-order chi connectivity index (χ0) is 11.5. The van der Waals surface area contributed by atoms with E-state index in [1.165, 1.54) is 0 Å². The molecule has 0 bridgehead atoms. The van der Waals surface area contributed by atoms with Gasteiger partial charge in [0, 0.05) is 24.0 Å². The summed E-state index contributed by atoms with van der Waals surface area (Å²) in [6.07, 6.45) is 2.93. The predicted octanol–water partition coefficient (Wildman–Crippen LogP) is 1.58. The molecular formula is C12H20N4. The number of rotatable bonds is 2. The third-order valence-corrected chi connectivity index (χ3v) is 3.19. The van der Waals surface area contributed by atoms with Crippen LogP contribution in [0.5, 0.6) is 0 Å². The van der Waals surface area contributed by atoms with Crippen molar-refractivity contribution in [2.24, 2.45) is 5.92 Å². The Balaban J connectivity index is 2.02. The standard InChI is InChI=1S/C12H20N4/c1-8-7-14-10(3)6-11(8)16-12-13-5-4-9(2)15-12/h4-5,8,10-11,14H,6-7H2,1-3H3,(H,13,15,16). The van der Waals surface area contributed by atoms with E-state index in [2.05, 4.69) is 34.4 Å². The number of nitrogens with one attached hydrogen (secondary N) is 2. The van der Waals surface area contributed by atoms with Gasteiger partial charge >= 0.3 is 0 Å². The van der Waals surface area contributed by atoms with Crippen molar-refractivity contribution in [3.8, 4) is 0 Å². The molecule has 16 heavy (non-hydrogen) atoms. The number of aryl methyl sites for hydroxylation is 1. The van der Waals surface area contributed by atoms with Crippen molar-refractivity contribution in [3.63, 3.8) is 0 Å². The first-order valence-electron chi connectivity index (χ1n) is 5.94. The molecule has 2 heterocycles. The fraction of sp³-hybridized carbons (Fsp3) is 0.667. The van der Waals surface area contributed by atoms with Crippen molar-refractivity contribution in [3.05, 3.63) is 18.0 Å². The van der Waals surface area contributed by atoms with E-state index in [9.17, 15) is 0 Å². The Hall–Kier alpha value is -1.16. The van der Waals surface area contributed by atoms with Crippen LogP contribution in [-0.2, 0) is 0 Å². The second-order valence-corrected chi connectivity index (χ2v) is 4.79. The van der Waals surface area contributed by atoms with E-state index in [1.54, 1.807) is 6.20 Å². The van der Waals surface area contributed by atoms with Crippen molar-refractivity contribution in [2.45, 2.75) is 39.3 Å². The molecule has 0 aliphatic carbocycles. The van der Waals surface area contributed by atoms with Crippen molar-refractivity contribution in [2.75, 3.05) is 11.9 Å². The van der Waals surface area contributed by atoms with Gasteiger partial charge in [0.15, 0.2) is 0 Å². The van der Waals surface area contributed by atoms with E-state index in [4.69, 9.17) is 0 Å². The summed E-state index contributed by atoms with van der Waals surface area (Å²) in [4.78, 5) is 8.63. The summed E-state index contributed by atoms with van der Waals surface area (Å²) in [6, 6.07) is 2.95. The van der Waals surface area contributed by atoms with Gasteiger partial charge in [-0.3, -0.25) is 0 Å². The molecule has 3 unspecified atom stereocenters. The average Bonchev–Trinajstić information content (AvgIpc) is 2.24. The fourth-order valence-corrected chi connectivity index (χ4v) is 2.11. The van der Waals surface area contributed by atoms with Gasteiger partial charge in [0.2, 0.25) is 5.95 Å². The quantitative estimate of drug-likeness (QED) is 0.794. The molecule has 3 atom stereocenters. The van der Waals surface area contributed by atoms with Gasteiger partial charge in [0.05, 0.1) is 0 Å². The van der Waals surface area contributed by atoms with Crippen molar-refractivity contribution >= 4 is 5.95 Å². The van der Waals surface area contributed by atoms with Gasteiger partial charge in [-0.1, -0.05) is 6.92 Å². The topological polar surface area (TPSA) is 49.8 Å². The molecule has 1 aliphatic rings. The van der Waals surface area contributed by atoms with Crippen molar-refractivity contribution in [1.29, 1.82) is 0 Å². The van der Waals surface area contributed by atoms with Crippen LogP contribution in [0, 0.1) is 12.8 Å². The van der Waals surface area contributed by atoms with E-state index in [0.717, 1.165) is 24.6 Å². The maximum Gasteiger partial charge on any atom is 0.223 e. The molecule has 0 radical (unpaired) electrons. The Bertz CT molecular complexity index is 353. The smallest absolute Gasteiger partial charge is 0.223 e. The van der Waals surface area contributed by atoms with Gasteiger partial charge in [-0.05, 0) is 38.8 Å². The van der Waals surface area contributed by atoms with E-state index >= 15 is 0 Å². The Labute approximate surface area is 96.9 Å². The summed E-state index contributed by atoms with van der Waals surface area (Å²) >= 11 is 0. The molecule has 2 N–H and O–H groups in total. The third kappa shape index (κ3) is 2.70. The summed E-state index contributed by atoms with van der Waals surface area (Å²) < 4.78 is 0. The van der Waals surface area contributed by atoms with Crippen LogP contribution in [0.3, 0.4) is 0 Å². The summed E-state index contributed by atoms with van der Waals surface area (Å²) in [5, 5.41) is 6.92. The summed E-state index contributed by atoms with van der Waals surface area (Å²) in [5.74, 6) is 1.37. The summed E-state index contributed by atoms with van der Waals surface area (Å²) in [7, 11) is 0. The summed E-state index contributed by atoms with van der Waals surface area (Å²) in [6.45, 7) is 7.52. The molecule has 0 saturated carbocycles. The van der Waals surface area contributed by atoms with Crippen LogP contribution < -0.4 is 10.6 Å². The van der Waals surface area contributed by atoms with Gasteiger partial charge < -0.3 is 10.6 Å². The van der Waals surface area contributed by atoms with Gasteiger partial charge in [0.25, 0.3) is 0 Å². The van der Waals surface area contributed by atoms with Crippen LogP contribution >= 0.6 is 0 Å². The van der Waals surface area contributed by atoms with Crippen molar-refractivity contribution in [1.82, 2.24) is 15.3 Å². The number of anilines is 1. The fourth-order valence-electron chi connectivity index (χ4n) is 2.11. The van der Waals surface area contributed by atoms with Crippen LogP contribution in [0.15, 0.2) is 12.3 Å². The van der Waals surface area contributed by atoms with Crippen LogP contribution in [0.1, 0.15) is 26.0 Å². The monoisotopic (exact) mass is 220 g/mol. The second-order valence-electron chi connectivity index (χ2n) is 4.79. The van der Waals surface area contributed by atoms with Crippen molar-refractivity contribution < 1.29 is 0 Å². The molecule has 0 amide bonds. The molecule has 1 fully saturated rings. The van der Waals surface area contributed by atoms with E-state index in [-0.39, 0.29) is 0 Å². The SMILES string of the molecule is Cc1ccnc(NC2CC(C)NCC2C)n1. The highest BCUT2D eigenvalue weighted by Gasteiger charge is 2.25. The second kappa shape index (κ2) is 4.78. The first-order chi connectivity index (χ1) is 7.65. The lowest BCUT2D eigenvalue weighted by molar-refractivity contribution is 0.312. The minimum atomic E-state index is 0.470. The molecule has 1 saturated heterocycles. The Morgan fingerprint density at radius 2 is 2.25 bits per heavy atom. The lowest BCUT2D eigenvalue weighted by atomic mass is 9.91. The highest BCUT2D eigenvalue weighted by atomic mass is 15.1. The van der Waals surface area contributed by atoms with Crippen LogP contribution in [0.2, 0.25) is 0 Å². The first-order valence-corrected chi connectivity index (χ1v) is 5.94. The number of hydrogen-bond acceptors (Lipinski definition) is 4. The Morgan fingerprint density at radius 1 is 1.44 bits per heavy atom. The minimum absolute atomic E-state index is 0.470. The average molecular weight is 220 g/mol. The molecular weight excluding hydrogens is 200 g/mol. The molecule has 0 aromatic carbocycles. The normalized spacial score (nSPS) is 30.1. The lowest BCUT2D eigenvalue weighted by Gasteiger charge is -2.34. The minimum Gasteiger partial charge on any atom is -0.351 e. The summed E-state index contributed by atoms with van der Waals surface area (Å²) in [5.41, 5.74) is 1.01. The molecule has 1 aliphatic heterocycles. The zero-order valence-corrected chi connectivity index (χ0v) is 10.2. The maximum absolute atomic E-state index is 4.38.